The number of ketones is 3. The molecule has 41 heteroatoms. The van der Waals surface area contributed by atoms with Crippen molar-refractivity contribution in [3.8, 4) is 17.1 Å². The number of fused-ring (bicyclic) bond motifs is 6. The van der Waals surface area contributed by atoms with Gasteiger partial charge in [-0.1, -0.05) is 22.8 Å². The predicted octanol–water partition coefficient (Wildman–Crippen LogP) is 14.5. The first-order valence-corrected chi connectivity index (χ1v) is 46.8. The fourth-order valence-corrected chi connectivity index (χ4v) is 23.2. The second kappa shape index (κ2) is 33.9. The van der Waals surface area contributed by atoms with E-state index in [0.717, 1.165) is 69.9 Å². The van der Waals surface area contributed by atoms with Gasteiger partial charge in [-0.05, 0) is 254 Å². The number of carbonyl (C=O) groups excluding carboxylic acids is 3. The third-order valence-electron chi connectivity index (χ3n) is 25.7. The smallest absolute Gasteiger partial charge is 0.291 e. The minimum Gasteiger partial charge on any atom is -0.291 e. The monoisotopic (exact) mass is 1850 g/mol. The van der Waals surface area contributed by atoms with Crippen molar-refractivity contribution >= 4 is 82.5 Å². The van der Waals surface area contributed by atoms with Crippen molar-refractivity contribution < 1.29 is 74.9 Å². The van der Waals surface area contributed by atoms with Gasteiger partial charge in [0.2, 0.25) is 15.8 Å². The maximum absolute atomic E-state index is 14.5. The molecule has 0 aliphatic heterocycles. The Morgan fingerprint density at radius 2 is 0.876 bits per heavy atom. The lowest BCUT2D eigenvalue weighted by atomic mass is 9.60. The molecule has 4 fully saturated rings. The van der Waals surface area contributed by atoms with Crippen LogP contribution in [0.1, 0.15) is 171 Å². The lowest BCUT2D eigenvalue weighted by Gasteiger charge is -2.46. The number of allylic oxidation sites excluding steroid dienone is 3. The van der Waals surface area contributed by atoms with Crippen LogP contribution in [0.3, 0.4) is 0 Å². The minimum absolute atomic E-state index is 0.0547. The molecule has 7 aliphatic rings. The minimum atomic E-state index is -4.63. The number of hydrogen-bond acceptors (Lipinski definition) is 20. The molecule has 9 aromatic heterocycles. The molecule has 0 radical (unpaired) electrons. The van der Waals surface area contributed by atoms with Gasteiger partial charge in [0, 0.05) is 57.9 Å². The molecule has 3 aromatic carbocycles. The van der Waals surface area contributed by atoms with E-state index in [1.54, 1.807) is 114 Å². The Labute approximate surface area is 739 Å². The first-order valence-electron chi connectivity index (χ1n) is 41.5. The van der Waals surface area contributed by atoms with Gasteiger partial charge in [0.25, 0.3) is 20.0 Å². The Morgan fingerprint density at radius 1 is 0.473 bits per heavy atom. The molecule has 9 heterocycles. The van der Waals surface area contributed by atoms with Crippen LogP contribution >= 0.6 is 11.3 Å². The van der Waals surface area contributed by atoms with Crippen molar-refractivity contribution in [2.45, 2.75) is 168 Å². The number of aryl methyl sites for hydroxylation is 3. The van der Waals surface area contributed by atoms with Gasteiger partial charge in [-0.25, -0.2) is 57.6 Å². The molecule has 7 aliphatic carbocycles. The highest BCUT2D eigenvalue weighted by molar-refractivity contribution is 7.98. The summed E-state index contributed by atoms with van der Waals surface area (Å²) in [5, 5.41) is 33.3. The number of rotatable bonds is 21. The molecule has 0 amide bonds. The Hall–Kier alpha value is -11.9. The molecule has 0 saturated heterocycles. The van der Waals surface area contributed by atoms with Gasteiger partial charge in [-0.2, -0.15) is 75.1 Å². The molecule has 12 aromatic rings. The first-order chi connectivity index (χ1) is 61.3. The Morgan fingerprint density at radius 3 is 1.22 bits per heavy atom. The van der Waals surface area contributed by atoms with E-state index in [2.05, 4.69) is 61.6 Å². The van der Waals surface area contributed by atoms with Crippen molar-refractivity contribution in [2.24, 2.45) is 23.3 Å². The molecule has 672 valence electrons. The van der Waals surface area contributed by atoms with Crippen LogP contribution in [0.4, 0.5) is 39.5 Å². The van der Waals surface area contributed by atoms with Gasteiger partial charge in [-0.3, -0.25) is 29.0 Å². The number of halogens is 9. The summed E-state index contributed by atoms with van der Waals surface area (Å²) < 4.78 is 200. The number of hydrogen-bond donors (Lipinski definition) is 0. The normalized spacial score (nSPS) is 21.3. The molecule has 19 rings (SSSR count). The molecular formula is C88H85F9N20O8S4. The molecule has 129 heavy (non-hydrogen) atoms. The molecule has 0 bridgehead atoms. The topological polar surface area (TPSA) is 318 Å². The van der Waals surface area contributed by atoms with Crippen LogP contribution in [0.25, 0.3) is 35.3 Å². The van der Waals surface area contributed by atoms with Gasteiger partial charge in [0.1, 0.15) is 33.7 Å². The van der Waals surface area contributed by atoms with Crippen molar-refractivity contribution in [3.05, 3.63) is 259 Å². The maximum atomic E-state index is 14.5. The lowest BCUT2D eigenvalue weighted by Crippen LogP contribution is -2.49. The van der Waals surface area contributed by atoms with Crippen LogP contribution < -0.4 is 0 Å². The summed E-state index contributed by atoms with van der Waals surface area (Å²) in [5.41, 5.74) is 5.69. The Bertz CT molecular complexity index is 6820. The van der Waals surface area contributed by atoms with Crippen LogP contribution in [-0.2, 0) is 81.5 Å². The molecular weight excluding hydrogens is 1760 g/mol. The summed E-state index contributed by atoms with van der Waals surface area (Å²) in [7, 11) is -4.62. The molecule has 4 saturated carbocycles. The molecule has 28 nitrogen and oxygen atoms in total. The third kappa shape index (κ3) is 16.7. The van der Waals surface area contributed by atoms with Crippen LogP contribution in [0, 0.1) is 33.7 Å². The van der Waals surface area contributed by atoms with E-state index < -0.39 is 98.3 Å². The molecule has 1 unspecified atom stereocenters. The van der Waals surface area contributed by atoms with Gasteiger partial charge >= 0.3 is 12.4 Å². The number of pyridine rings is 2. The summed E-state index contributed by atoms with van der Waals surface area (Å²) in [4.78, 5) is 57.6. The zero-order valence-corrected chi connectivity index (χ0v) is 73.6. The van der Waals surface area contributed by atoms with E-state index >= 15 is 0 Å². The average Bonchev–Trinajstić information content (AvgIpc) is 1.39. The Kier molecular flexibility index (Phi) is 23.4. The quantitative estimate of drug-likeness (QED) is 0.0366. The van der Waals surface area contributed by atoms with Crippen molar-refractivity contribution in [2.75, 3.05) is 21.1 Å². The number of nitrogens with zero attached hydrogens (tertiary/aromatic N) is 20. The molecule has 0 N–H and O–H groups in total. The van der Waals surface area contributed by atoms with Gasteiger partial charge in [-0.15, -0.1) is 21.5 Å². The number of sulfonamides is 2. The highest BCUT2D eigenvalue weighted by Gasteiger charge is 2.56. The van der Waals surface area contributed by atoms with Crippen molar-refractivity contribution in [3.63, 3.8) is 0 Å². The number of benzene rings is 3. The zero-order valence-electron chi connectivity index (χ0n) is 70.3. The van der Waals surface area contributed by atoms with Gasteiger partial charge in [0.05, 0.1) is 127 Å². The molecule has 7 atom stereocenters. The fourth-order valence-electron chi connectivity index (χ4n) is 18.4. The van der Waals surface area contributed by atoms with E-state index in [9.17, 15) is 74.9 Å². The highest BCUT2D eigenvalue weighted by atomic mass is 32.2. The number of aromatic nitrogens is 17. The van der Waals surface area contributed by atoms with Crippen molar-refractivity contribution in [1.82, 2.24) is 97.0 Å². The second-order valence-electron chi connectivity index (χ2n) is 33.3. The first kappa shape index (κ1) is 89.1. The fraction of sp³-hybridized carbons (Fsp3) is 0.352. The van der Waals surface area contributed by atoms with Crippen LogP contribution in [0.5, 0.6) is 0 Å². The van der Waals surface area contributed by atoms with E-state index in [4.69, 9.17) is 0 Å². The lowest BCUT2D eigenvalue weighted by molar-refractivity contribution is -0.138. The standard InChI is InChI=1S/C31H32FN7O3S.C29H27F4N7O3S.C28H26F4N6O2S2/c1-3-38-34-19-29(36-38)43(41,42)37(2)26-10-7-23-14-28-22(18-35-39(28)25-11-8-24(32)9-12-25)15-31(23,16-26)30(40)27-13-6-21(17-33-27)20-4-5-20;1-3-39-35-17-26(37-39)44(42,43)38(2)23-8-4-19-12-25-18(15-36-40(25)22-9-6-21(30)7-10-22)13-28(19,14-23)27(41)24-11-5-20(16-34-24)29(31,32)33;1-36-16-22(14-34-36)42(3,40)37(2)21-7-4-18-10-23-17(13-35-38(23)20-8-5-19(29)6-9-20)11-27(18,12-21)25(39)26-33-15-24(41-26)28(30,31)32/h6,8-9,11-14,17-20,26H,3-5,7,10,15-16H2,1-2H3;5-7,9-12,15-17,23H,3-4,8,13-14H2,1-2H3;5-6,8-10,13-16,21H,3-4,7,11-12H2,1-2H3/t26-,31-;23-,28-;21-,27-,42?/m000/s1. The van der Waals surface area contributed by atoms with Crippen LogP contribution in [0.2, 0.25) is 0 Å². The van der Waals surface area contributed by atoms with Crippen LogP contribution in [-0.4, -0.2) is 181 Å². The largest absolute Gasteiger partial charge is 0.427 e. The average molecular weight is 1850 g/mol. The van der Waals surface area contributed by atoms with E-state index in [0.29, 0.717) is 133 Å². The number of thiazole rings is 1. The van der Waals surface area contributed by atoms with E-state index in [-0.39, 0.29) is 69.9 Å². The summed E-state index contributed by atoms with van der Waals surface area (Å²) in [6, 6.07) is 21.9. The van der Waals surface area contributed by atoms with Crippen molar-refractivity contribution in [1.29, 1.82) is 0 Å². The highest BCUT2D eigenvalue weighted by Crippen LogP contribution is 2.56. The zero-order chi connectivity index (χ0) is 91.4. The van der Waals surface area contributed by atoms with E-state index in [1.165, 1.54) is 84.9 Å². The summed E-state index contributed by atoms with van der Waals surface area (Å²) in [6.07, 6.45) is 16.3. The number of alkyl halides is 6. The molecule has 0 spiro atoms. The van der Waals surface area contributed by atoms with Gasteiger partial charge < -0.3 is 0 Å². The third-order valence-corrected chi connectivity index (χ3v) is 32.5. The van der Waals surface area contributed by atoms with E-state index in [1.807, 2.05) is 37.3 Å². The summed E-state index contributed by atoms with van der Waals surface area (Å²) in [5.74, 6) is 2.25. The van der Waals surface area contributed by atoms with Crippen LogP contribution in [0.15, 0.2) is 191 Å². The second-order valence-corrected chi connectivity index (χ2v) is 40.6. The number of Topliss-reactive ketones (excluding diaryl/α,β-unsaturated/α-hetero) is 3. The maximum Gasteiger partial charge on any atom is 0.427 e. The predicted molar refractivity (Wildman–Crippen MR) is 457 cm³/mol. The SMILES string of the molecule is C=S(=O)(c1cnn(C)c1)N(C)[C@H]1CCC2=Cc3c(cnn3-c3ccc(F)cc3)C[C@]2(C(=O)c2ncc(C(F)(F)F)s2)C1.CCn1ncc(S(=O)(=O)N(C)[C@H]2CCC3=Cc4c(cnn4-c4ccc(F)cc4)C[C@]3(C(=O)c3ccc(C(F)(F)F)cn3)C2)n1.CCn1ncc(S(=O)(=O)N(C)[C@H]2CCC3=Cc4c(cnn4-c4ccc(F)cc4)C[C@]3(C(=O)c3ccc(C4CC4)cn3)C2)n1. The Balaban J connectivity index is 0.000000136. The van der Waals surface area contributed by atoms with Gasteiger partial charge in [0.15, 0.2) is 16.6 Å². The number of carbonyl (C=O) groups is 3. The summed E-state index contributed by atoms with van der Waals surface area (Å²) in [6.45, 7) is 4.44. The summed E-state index contributed by atoms with van der Waals surface area (Å²) >= 11 is 0.329.